The first-order valence-corrected chi connectivity index (χ1v) is 4.64. The van der Waals surface area contributed by atoms with Gasteiger partial charge in [0.05, 0.1) is 0 Å². The summed E-state index contributed by atoms with van der Waals surface area (Å²) in [6.07, 6.45) is 0. The third kappa shape index (κ3) is 4.78. The van der Waals surface area contributed by atoms with E-state index in [1.165, 1.54) is 6.07 Å². The SMILES string of the molecule is CN(C)Cc1ccc([B-](F)(F)F)s1.[K+]. The van der Waals surface area contributed by atoms with Crippen LogP contribution in [0.4, 0.5) is 12.9 Å². The van der Waals surface area contributed by atoms with Crippen LogP contribution in [0, 0.1) is 0 Å². The maximum Gasteiger partial charge on any atom is 1.00 e. The van der Waals surface area contributed by atoms with Crippen LogP contribution in [0.25, 0.3) is 0 Å². The molecule has 0 N–H and O–H groups in total. The number of nitrogens with zero attached hydrogens (tertiary/aromatic N) is 1. The van der Waals surface area contributed by atoms with Crippen LogP contribution in [-0.4, -0.2) is 26.0 Å². The van der Waals surface area contributed by atoms with Crippen molar-refractivity contribution in [1.82, 2.24) is 4.90 Å². The molecule has 0 aromatic carbocycles. The topological polar surface area (TPSA) is 3.24 Å². The van der Waals surface area contributed by atoms with E-state index in [9.17, 15) is 12.9 Å². The summed E-state index contributed by atoms with van der Waals surface area (Å²) in [4.78, 5) is 2.60. The van der Waals surface area contributed by atoms with Crippen LogP contribution in [0.3, 0.4) is 0 Å². The zero-order valence-electron chi connectivity index (χ0n) is 8.43. The molecule has 7 heteroatoms. The Balaban J connectivity index is 0.00000169. The summed E-state index contributed by atoms with van der Waals surface area (Å²) >= 11 is 0.829. The fourth-order valence-electron chi connectivity index (χ4n) is 0.967. The Morgan fingerprint density at radius 3 is 2.21 bits per heavy atom. The van der Waals surface area contributed by atoms with Crippen molar-refractivity contribution in [2.24, 2.45) is 0 Å². The normalized spacial score (nSPS) is 11.6. The van der Waals surface area contributed by atoms with Crippen molar-refractivity contribution < 1.29 is 64.3 Å². The molecule has 0 fully saturated rings. The average Bonchev–Trinajstić information content (AvgIpc) is 2.32. The van der Waals surface area contributed by atoms with Crippen LogP contribution < -0.4 is 56.2 Å². The van der Waals surface area contributed by atoms with Gasteiger partial charge in [-0.25, -0.2) is 0 Å². The van der Waals surface area contributed by atoms with Gasteiger partial charge in [0.15, 0.2) is 0 Å². The zero-order valence-corrected chi connectivity index (χ0v) is 12.4. The molecule has 0 amide bonds. The summed E-state index contributed by atoms with van der Waals surface area (Å²) in [5.74, 6) is 0. The van der Waals surface area contributed by atoms with E-state index >= 15 is 0 Å². The maximum atomic E-state index is 12.2. The van der Waals surface area contributed by atoms with E-state index in [-0.39, 0.29) is 51.4 Å². The number of halogens is 3. The van der Waals surface area contributed by atoms with Crippen molar-refractivity contribution in [2.45, 2.75) is 6.54 Å². The predicted octanol–water partition coefficient (Wildman–Crippen LogP) is -1.13. The quantitative estimate of drug-likeness (QED) is 0.611. The molecule has 0 saturated carbocycles. The first-order chi connectivity index (χ1) is 5.89. The molecule has 1 rings (SSSR count). The molecule has 1 aromatic heterocycles. The van der Waals surface area contributed by atoms with Gasteiger partial charge in [-0.3, -0.25) is 0 Å². The predicted molar refractivity (Wildman–Crippen MR) is 50.4 cm³/mol. The number of rotatable bonds is 3. The fraction of sp³-hybridized carbons (Fsp3) is 0.429. The standard InChI is InChI=1S/C7H10BF3NS.K/c1-12(2)5-6-3-4-7(13-6)8(9,10)11;/h3-4H,5H2,1-2H3;/q-1;+1. The minimum atomic E-state index is -4.81. The van der Waals surface area contributed by atoms with Gasteiger partial charge in [-0.05, 0) is 20.2 Å². The van der Waals surface area contributed by atoms with Crippen molar-refractivity contribution in [3.8, 4) is 0 Å². The first-order valence-electron chi connectivity index (χ1n) is 3.83. The molecule has 0 unspecified atom stereocenters. The minimum absolute atomic E-state index is 0. The minimum Gasteiger partial charge on any atom is -0.444 e. The third-order valence-corrected chi connectivity index (χ3v) is 2.64. The summed E-state index contributed by atoms with van der Waals surface area (Å²) in [6, 6.07) is 2.69. The summed E-state index contributed by atoms with van der Waals surface area (Å²) in [6.45, 7) is -4.25. The Labute approximate surface area is 128 Å². The molecule has 1 nitrogen and oxygen atoms in total. The van der Waals surface area contributed by atoms with E-state index in [1.807, 2.05) is 19.0 Å². The zero-order chi connectivity index (χ0) is 10.1. The van der Waals surface area contributed by atoms with E-state index in [4.69, 9.17) is 0 Å². The Morgan fingerprint density at radius 2 is 1.86 bits per heavy atom. The van der Waals surface area contributed by atoms with Gasteiger partial charge in [0, 0.05) is 11.4 Å². The second-order valence-electron chi connectivity index (χ2n) is 3.12. The van der Waals surface area contributed by atoms with Crippen LogP contribution in [0.15, 0.2) is 12.1 Å². The van der Waals surface area contributed by atoms with Gasteiger partial charge in [-0.1, -0.05) is 10.8 Å². The number of thiophene rings is 1. The molecule has 0 spiro atoms. The van der Waals surface area contributed by atoms with Crippen LogP contribution >= 0.6 is 11.3 Å². The molecule has 0 aliphatic heterocycles. The average molecular weight is 247 g/mol. The first kappa shape index (κ1) is 15.2. The van der Waals surface area contributed by atoms with Gasteiger partial charge in [-0.2, -0.15) is 11.3 Å². The molecule has 0 saturated heterocycles. The van der Waals surface area contributed by atoms with E-state index in [0.717, 1.165) is 22.3 Å². The van der Waals surface area contributed by atoms with Crippen molar-refractivity contribution >= 4 is 23.1 Å². The van der Waals surface area contributed by atoms with Crippen molar-refractivity contribution in [3.05, 3.63) is 17.0 Å². The molecule has 0 radical (unpaired) electrons. The monoisotopic (exact) mass is 247 g/mol. The maximum absolute atomic E-state index is 12.2. The van der Waals surface area contributed by atoms with Crippen molar-refractivity contribution in [1.29, 1.82) is 0 Å². The van der Waals surface area contributed by atoms with E-state index in [2.05, 4.69) is 0 Å². The Morgan fingerprint density at radius 1 is 1.29 bits per heavy atom. The molecule has 1 heterocycles. The smallest absolute Gasteiger partial charge is 0.444 e. The number of hydrogen-bond acceptors (Lipinski definition) is 2. The van der Waals surface area contributed by atoms with E-state index < -0.39 is 11.8 Å². The van der Waals surface area contributed by atoms with Crippen LogP contribution in [0.2, 0.25) is 0 Å². The van der Waals surface area contributed by atoms with Gasteiger partial charge >= 0.3 is 58.4 Å². The molecule has 0 bridgehead atoms. The molecule has 0 aliphatic rings. The van der Waals surface area contributed by atoms with Gasteiger partial charge in [0.25, 0.3) is 0 Å². The van der Waals surface area contributed by atoms with Crippen molar-refractivity contribution in [2.75, 3.05) is 14.1 Å². The molecule has 1 aromatic rings. The van der Waals surface area contributed by atoms with E-state index in [0.29, 0.717) is 6.54 Å². The van der Waals surface area contributed by atoms with Gasteiger partial charge in [0.2, 0.25) is 0 Å². The molecule has 0 aliphatic carbocycles. The molecule has 0 atom stereocenters. The molecule has 74 valence electrons. The fourth-order valence-corrected chi connectivity index (χ4v) is 2.00. The summed E-state index contributed by atoms with van der Waals surface area (Å²) in [5, 5.41) is 0. The van der Waals surface area contributed by atoms with Gasteiger partial charge in [0.1, 0.15) is 0 Å². The molecular formula is C7H10BF3KNS. The largest absolute Gasteiger partial charge is 1.00 e. The second kappa shape index (κ2) is 6.03. The van der Waals surface area contributed by atoms with Gasteiger partial charge in [-0.15, -0.1) is 0 Å². The molecular weight excluding hydrogens is 237 g/mol. The summed E-state index contributed by atoms with van der Waals surface area (Å²) in [5.41, 5.74) is 0. The van der Waals surface area contributed by atoms with Crippen LogP contribution in [-0.2, 0) is 6.54 Å². The van der Waals surface area contributed by atoms with Crippen LogP contribution in [0.5, 0.6) is 0 Å². The second-order valence-corrected chi connectivity index (χ2v) is 4.32. The number of hydrogen-bond donors (Lipinski definition) is 0. The molecule has 14 heavy (non-hydrogen) atoms. The Bertz CT molecular complexity index is 287. The Kier molecular flexibility index (Phi) is 6.52. The summed E-state index contributed by atoms with van der Waals surface area (Å²) < 4.78 is 36.1. The third-order valence-electron chi connectivity index (χ3n) is 1.48. The summed E-state index contributed by atoms with van der Waals surface area (Å²) in [7, 11) is 3.66. The van der Waals surface area contributed by atoms with Gasteiger partial charge < -0.3 is 17.8 Å². The Hall–Kier alpha value is 1.15. The van der Waals surface area contributed by atoms with Crippen LogP contribution in [0.1, 0.15) is 4.88 Å². The van der Waals surface area contributed by atoms with E-state index in [1.54, 1.807) is 0 Å². The van der Waals surface area contributed by atoms with Crippen molar-refractivity contribution in [3.63, 3.8) is 0 Å².